The molecule has 4 rings (SSSR count). The van der Waals surface area contributed by atoms with E-state index < -0.39 is 24.0 Å². The summed E-state index contributed by atoms with van der Waals surface area (Å²) in [5, 5.41) is 16.2. The van der Waals surface area contributed by atoms with Crippen LogP contribution in [-0.4, -0.2) is 57.7 Å². The number of thiophene rings is 1. The van der Waals surface area contributed by atoms with Crippen LogP contribution in [-0.2, 0) is 21.6 Å². The average molecular weight is 456 g/mol. The molecule has 4 heterocycles. The Morgan fingerprint density at radius 3 is 2.52 bits per heavy atom. The third kappa shape index (κ3) is 4.33. The molecule has 2 aromatic heterocycles. The van der Waals surface area contributed by atoms with Crippen molar-refractivity contribution in [2.75, 3.05) is 19.7 Å². The van der Waals surface area contributed by atoms with Gasteiger partial charge in [0.1, 0.15) is 16.2 Å². The molecule has 31 heavy (non-hydrogen) atoms. The summed E-state index contributed by atoms with van der Waals surface area (Å²) in [6, 6.07) is 4.66. The van der Waals surface area contributed by atoms with Gasteiger partial charge in [-0.2, -0.15) is 8.78 Å². The number of ether oxygens (including phenoxy) is 1. The number of carboxylic acid groups (broad SMARTS) is 2. The number of hydrogen-bond donors (Lipinski definition) is 2. The first-order valence-electron chi connectivity index (χ1n) is 9.57. The number of halogens is 2. The van der Waals surface area contributed by atoms with Crippen LogP contribution in [0.1, 0.15) is 55.7 Å². The van der Waals surface area contributed by atoms with Crippen molar-refractivity contribution in [1.82, 2.24) is 9.47 Å². The van der Waals surface area contributed by atoms with Crippen molar-refractivity contribution < 1.29 is 38.1 Å². The second kappa shape index (κ2) is 9.15. The van der Waals surface area contributed by atoms with Gasteiger partial charge in [-0.15, -0.1) is 11.3 Å². The van der Waals surface area contributed by atoms with Crippen molar-refractivity contribution >= 4 is 29.7 Å². The summed E-state index contributed by atoms with van der Waals surface area (Å²) in [5.74, 6) is -1.37. The van der Waals surface area contributed by atoms with E-state index in [-0.39, 0.29) is 12.2 Å². The first-order chi connectivity index (χ1) is 14.7. The normalized spacial score (nSPS) is 17.1. The molecule has 1 fully saturated rings. The number of alkyl halides is 2. The highest BCUT2D eigenvalue weighted by Crippen LogP contribution is 2.45. The molecule has 8 nitrogen and oxygen atoms in total. The van der Waals surface area contributed by atoms with Gasteiger partial charge in [0.25, 0.3) is 12.4 Å². The van der Waals surface area contributed by atoms with Crippen molar-refractivity contribution in [2.24, 2.45) is 0 Å². The van der Waals surface area contributed by atoms with E-state index in [1.54, 1.807) is 17.9 Å². The molecular weight excluding hydrogens is 434 g/mol. The summed E-state index contributed by atoms with van der Waals surface area (Å²) in [7, 11) is 0. The van der Waals surface area contributed by atoms with E-state index in [1.807, 2.05) is 0 Å². The van der Waals surface area contributed by atoms with E-state index in [0.717, 1.165) is 15.0 Å². The fourth-order valence-corrected chi connectivity index (χ4v) is 5.36. The molecule has 168 valence electrons. The lowest BCUT2D eigenvalue weighted by molar-refractivity contribution is -0.122. The molecule has 2 aromatic rings. The molecule has 2 N–H and O–H groups in total. The van der Waals surface area contributed by atoms with E-state index in [1.165, 1.54) is 23.5 Å². The highest BCUT2D eigenvalue weighted by atomic mass is 32.1. The van der Waals surface area contributed by atoms with E-state index in [0.29, 0.717) is 49.5 Å². The fraction of sp³-hybridized carbons (Fsp3) is 0.450. The van der Waals surface area contributed by atoms with Crippen LogP contribution in [0.15, 0.2) is 18.2 Å². The van der Waals surface area contributed by atoms with E-state index in [9.17, 15) is 23.5 Å². The SMILES string of the molecule is Cc1ccc(C(=O)N2CCC3(CC2)OCCc2cc(C(=O)O)sc23)n1C(F)F.O=CO. The molecule has 0 aromatic carbocycles. The number of amides is 1. The van der Waals surface area contributed by atoms with Crippen LogP contribution < -0.4 is 0 Å². The van der Waals surface area contributed by atoms with E-state index >= 15 is 0 Å². The predicted octanol–water partition coefficient (Wildman–Crippen LogP) is 3.36. The number of aryl methyl sites for hydroxylation is 1. The first-order valence-corrected chi connectivity index (χ1v) is 10.4. The summed E-state index contributed by atoms with van der Waals surface area (Å²) in [6.45, 7) is -0.236. The largest absolute Gasteiger partial charge is 0.483 e. The van der Waals surface area contributed by atoms with Crippen molar-refractivity contribution in [1.29, 1.82) is 0 Å². The first kappa shape index (κ1) is 22.9. The molecule has 0 radical (unpaired) electrons. The van der Waals surface area contributed by atoms with Gasteiger partial charge in [0.15, 0.2) is 0 Å². The Labute approximate surface area is 180 Å². The maximum atomic E-state index is 13.3. The van der Waals surface area contributed by atoms with Crippen LogP contribution in [0.25, 0.3) is 0 Å². The van der Waals surface area contributed by atoms with Gasteiger partial charge in [0.05, 0.1) is 6.61 Å². The van der Waals surface area contributed by atoms with Gasteiger partial charge in [-0.25, -0.2) is 4.79 Å². The molecule has 1 spiro atoms. The van der Waals surface area contributed by atoms with E-state index in [4.69, 9.17) is 14.6 Å². The van der Waals surface area contributed by atoms with Crippen LogP contribution in [0, 0.1) is 6.92 Å². The highest BCUT2D eigenvalue weighted by Gasteiger charge is 2.44. The van der Waals surface area contributed by atoms with Crippen molar-refractivity contribution in [2.45, 2.75) is 38.3 Å². The van der Waals surface area contributed by atoms with Gasteiger partial charge in [0.2, 0.25) is 0 Å². The zero-order chi connectivity index (χ0) is 22.8. The summed E-state index contributed by atoms with van der Waals surface area (Å²) in [6.07, 6.45) is 1.70. The molecular formula is C20H22F2N2O6S. The molecule has 0 aliphatic carbocycles. The molecule has 0 saturated carbocycles. The van der Waals surface area contributed by atoms with Crippen molar-refractivity contribution in [3.63, 3.8) is 0 Å². The van der Waals surface area contributed by atoms with Crippen molar-refractivity contribution in [3.05, 3.63) is 44.9 Å². The average Bonchev–Trinajstić information content (AvgIpc) is 3.34. The minimum absolute atomic E-state index is 0.0158. The summed E-state index contributed by atoms with van der Waals surface area (Å²) >= 11 is 1.23. The summed E-state index contributed by atoms with van der Waals surface area (Å²) < 4.78 is 33.4. The smallest absolute Gasteiger partial charge is 0.345 e. The van der Waals surface area contributed by atoms with Gasteiger partial charge in [-0.1, -0.05) is 0 Å². The maximum Gasteiger partial charge on any atom is 0.345 e. The molecule has 2 aliphatic rings. The minimum Gasteiger partial charge on any atom is -0.483 e. The van der Waals surface area contributed by atoms with Gasteiger partial charge in [-0.05, 0) is 49.9 Å². The number of aromatic nitrogens is 1. The van der Waals surface area contributed by atoms with Crippen LogP contribution in [0.5, 0.6) is 0 Å². The van der Waals surface area contributed by atoms with E-state index in [2.05, 4.69) is 0 Å². The Hall–Kier alpha value is -2.79. The zero-order valence-corrected chi connectivity index (χ0v) is 17.5. The molecule has 1 saturated heterocycles. The number of rotatable bonds is 3. The third-order valence-corrected chi connectivity index (χ3v) is 6.93. The standard InChI is InChI=1S/C19H20F2N2O4S.CH2O2/c1-11-2-3-13(23(11)18(20)21)16(24)22-7-5-19(6-8-22)15-12(4-9-27-19)10-14(28-15)17(25)26;2-1-3/h2-3,10,18H,4-9H2,1H3,(H,25,26);1H,(H,2,3). The number of piperidine rings is 1. The number of carboxylic acids is 1. The monoisotopic (exact) mass is 456 g/mol. The molecule has 11 heteroatoms. The Kier molecular flexibility index (Phi) is 6.75. The number of carbonyl (C=O) groups excluding carboxylic acids is 1. The Morgan fingerprint density at radius 1 is 1.29 bits per heavy atom. The number of aromatic carboxylic acids is 1. The molecule has 2 aliphatic heterocycles. The topological polar surface area (TPSA) is 109 Å². The number of nitrogens with zero attached hydrogens (tertiary/aromatic N) is 2. The van der Waals surface area contributed by atoms with Gasteiger partial charge in [0, 0.05) is 23.7 Å². The number of fused-ring (bicyclic) bond motifs is 2. The Balaban J connectivity index is 0.000000858. The molecule has 0 bridgehead atoms. The van der Waals surface area contributed by atoms with Crippen LogP contribution in [0.4, 0.5) is 8.78 Å². The number of likely N-dealkylation sites (tertiary alicyclic amines) is 1. The second-order valence-electron chi connectivity index (χ2n) is 7.27. The molecule has 1 amide bonds. The number of carbonyl (C=O) groups is 3. The minimum atomic E-state index is -2.77. The van der Waals surface area contributed by atoms with Crippen LogP contribution in [0.2, 0.25) is 0 Å². The van der Waals surface area contributed by atoms with Gasteiger partial charge in [-0.3, -0.25) is 14.2 Å². The van der Waals surface area contributed by atoms with Gasteiger partial charge >= 0.3 is 12.5 Å². The maximum absolute atomic E-state index is 13.3. The van der Waals surface area contributed by atoms with Crippen LogP contribution in [0.3, 0.4) is 0 Å². The van der Waals surface area contributed by atoms with Crippen LogP contribution >= 0.6 is 11.3 Å². The van der Waals surface area contributed by atoms with Gasteiger partial charge < -0.3 is 19.8 Å². The Bertz CT molecular complexity index is 978. The highest BCUT2D eigenvalue weighted by molar-refractivity contribution is 7.14. The lowest BCUT2D eigenvalue weighted by Crippen LogP contribution is -2.48. The number of hydrogen-bond acceptors (Lipinski definition) is 5. The molecule has 0 atom stereocenters. The van der Waals surface area contributed by atoms with Crippen molar-refractivity contribution in [3.8, 4) is 0 Å². The summed E-state index contributed by atoms with van der Waals surface area (Å²) in [4.78, 5) is 35.3. The predicted molar refractivity (Wildman–Crippen MR) is 107 cm³/mol. The third-order valence-electron chi connectivity index (χ3n) is 5.58. The zero-order valence-electron chi connectivity index (χ0n) is 16.7. The Morgan fingerprint density at radius 2 is 1.94 bits per heavy atom. The quantitative estimate of drug-likeness (QED) is 0.686. The lowest BCUT2D eigenvalue weighted by Gasteiger charge is -2.43. The molecule has 0 unspecified atom stereocenters. The summed E-state index contributed by atoms with van der Waals surface area (Å²) in [5.41, 5.74) is 0.726. The second-order valence-corrected chi connectivity index (χ2v) is 8.32. The fourth-order valence-electron chi connectivity index (χ4n) is 4.12. The lowest BCUT2D eigenvalue weighted by atomic mass is 9.85.